The Bertz CT molecular complexity index is 1050. The van der Waals surface area contributed by atoms with Crippen LogP contribution in [0, 0.1) is 0 Å². The monoisotopic (exact) mass is 364 g/mol. The first-order valence-corrected chi connectivity index (χ1v) is 8.97. The molecule has 1 N–H and O–H groups in total. The summed E-state index contributed by atoms with van der Waals surface area (Å²) in [4.78, 5) is 16.9. The predicted octanol–water partition coefficient (Wildman–Crippen LogP) is 5.87. The molecule has 0 saturated heterocycles. The van der Waals surface area contributed by atoms with Crippen LogP contribution in [0.3, 0.4) is 0 Å². The molecule has 4 rings (SSSR count). The Morgan fingerprint density at radius 1 is 0.960 bits per heavy atom. The number of nitrogens with one attached hydrogen (secondary N) is 1. The molecule has 0 bridgehead atoms. The Labute approximate surface area is 153 Å². The van der Waals surface area contributed by atoms with E-state index >= 15 is 0 Å². The Morgan fingerprint density at radius 2 is 1.72 bits per heavy atom. The molecular weight excluding hydrogens is 352 g/mol. The van der Waals surface area contributed by atoms with Gasteiger partial charge in [-0.15, -0.1) is 11.3 Å². The summed E-state index contributed by atoms with van der Waals surface area (Å²) in [6, 6.07) is 21.1. The van der Waals surface area contributed by atoms with Gasteiger partial charge in [-0.05, 0) is 35.0 Å². The summed E-state index contributed by atoms with van der Waals surface area (Å²) in [7, 11) is 0. The standard InChI is InChI=1S/C20H13ClN2OS/c21-15-10-8-14(9-11-15)19(24)23-20-22-18(12-25-20)17-7-3-5-13-4-1-2-6-16(13)17/h1-12H,(H,22,23,24). The van der Waals surface area contributed by atoms with Gasteiger partial charge in [0, 0.05) is 21.5 Å². The van der Waals surface area contributed by atoms with Gasteiger partial charge in [0.05, 0.1) is 5.69 Å². The van der Waals surface area contributed by atoms with Crippen molar-refractivity contribution >= 4 is 44.7 Å². The highest BCUT2D eigenvalue weighted by molar-refractivity contribution is 7.14. The Balaban J connectivity index is 1.62. The van der Waals surface area contributed by atoms with Gasteiger partial charge in [-0.25, -0.2) is 4.98 Å². The number of amides is 1. The maximum Gasteiger partial charge on any atom is 0.257 e. The maximum absolute atomic E-state index is 12.3. The first-order valence-electron chi connectivity index (χ1n) is 7.71. The molecule has 0 radical (unpaired) electrons. The molecule has 122 valence electrons. The van der Waals surface area contributed by atoms with Crippen molar-refractivity contribution in [1.82, 2.24) is 4.98 Å². The summed E-state index contributed by atoms with van der Waals surface area (Å²) in [6.45, 7) is 0. The van der Waals surface area contributed by atoms with Crippen LogP contribution in [-0.4, -0.2) is 10.9 Å². The molecule has 3 nitrogen and oxygen atoms in total. The third-order valence-electron chi connectivity index (χ3n) is 3.90. The van der Waals surface area contributed by atoms with Gasteiger partial charge < -0.3 is 0 Å². The van der Waals surface area contributed by atoms with Crippen molar-refractivity contribution in [3.63, 3.8) is 0 Å². The number of hydrogen-bond acceptors (Lipinski definition) is 3. The van der Waals surface area contributed by atoms with Crippen molar-refractivity contribution < 1.29 is 4.79 Å². The number of nitrogens with zero attached hydrogens (tertiary/aromatic N) is 1. The van der Waals surface area contributed by atoms with E-state index in [9.17, 15) is 4.79 Å². The molecule has 0 atom stereocenters. The van der Waals surface area contributed by atoms with E-state index in [4.69, 9.17) is 11.6 Å². The lowest BCUT2D eigenvalue weighted by atomic mass is 10.0. The maximum atomic E-state index is 12.3. The minimum atomic E-state index is -0.199. The molecule has 4 aromatic rings. The zero-order valence-corrected chi connectivity index (χ0v) is 14.6. The molecule has 0 aliphatic heterocycles. The van der Waals surface area contributed by atoms with Crippen LogP contribution in [-0.2, 0) is 0 Å². The topological polar surface area (TPSA) is 42.0 Å². The van der Waals surface area contributed by atoms with Gasteiger partial charge in [-0.2, -0.15) is 0 Å². The van der Waals surface area contributed by atoms with E-state index in [2.05, 4.69) is 28.5 Å². The second kappa shape index (κ2) is 6.67. The van der Waals surface area contributed by atoms with Crippen molar-refractivity contribution in [2.75, 3.05) is 5.32 Å². The number of benzene rings is 3. The van der Waals surface area contributed by atoms with E-state index in [0.29, 0.717) is 15.7 Å². The Hall–Kier alpha value is -2.69. The molecular formula is C20H13ClN2OS. The number of carbonyl (C=O) groups excluding carboxylic acids is 1. The molecule has 0 aliphatic rings. The molecule has 5 heteroatoms. The van der Waals surface area contributed by atoms with Crippen LogP contribution in [0.1, 0.15) is 10.4 Å². The lowest BCUT2D eigenvalue weighted by Gasteiger charge is -2.04. The quantitative estimate of drug-likeness (QED) is 0.494. The lowest BCUT2D eigenvalue weighted by Crippen LogP contribution is -2.11. The second-order valence-electron chi connectivity index (χ2n) is 5.53. The molecule has 3 aromatic carbocycles. The first-order chi connectivity index (χ1) is 12.2. The van der Waals surface area contributed by atoms with Crippen molar-refractivity contribution in [2.45, 2.75) is 0 Å². The van der Waals surface area contributed by atoms with Gasteiger partial charge in [0.1, 0.15) is 0 Å². The summed E-state index contributed by atoms with van der Waals surface area (Å²) in [5.41, 5.74) is 2.46. The van der Waals surface area contributed by atoms with Crippen LogP contribution in [0.5, 0.6) is 0 Å². The van der Waals surface area contributed by atoms with Gasteiger partial charge in [-0.3, -0.25) is 10.1 Å². The van der Waals surface area contributed by atoms with E-state index < -0.39 is 0 Å². The highest BCUT2D eigenvalue weighted by atomic mass is 35.5. The van der Waals surface area contributed by atoms with Crippen LogP contribution < -0.4 is 5.32 Å². The molecule has 1 heterocycles. The van der Waals surface area contributed by atoms with Crippen molar-refractivity contribution in [3.8, 4) is 11.3 Å². The van der Waals surface area contributed by atoms with Crippen LogP contribution in [0.15, 0.2) is 72.1 Å². The van der Waals surface area contributed by atoms with Crippen LogP contribution >= 0.6 is 22.9 Å². The minimum absolute atomic E-state index is 0.199. The van der Waals surface area contributed by atoms with Gasteiger partial charge in [0.2, 0.25) is 0 Å². The number of hydrogen-bond donors (Lipinski definition) is 1. The average molecular weight is 365 g/mol. The lowest BCUT2D eigenvalue weighted by molar-refractivity contribution is 0.102. The van der Waals surface area contributed by atoms with Crippen LogP contribution in [0.25, 0.3) is 22.0 Å². The summed E-state index contributed by atoms with van der Waals surface area (Å²) >= 11 is 7.26. The van der Waals surface area contributed by atoms with Gasteiger partial charge in [0.25, 0.3) is 5.91 Å². The van der Waals surface area contributed by atoms with Gasteiger partial charge in [-0.1, -0.05) is 54.1 Å². The second-order valence-corrected chi connectivity index (χ2v) is 6.82. The largest absolute Gasteiger partial charge is 0.298 e. The number of halogens is 1. The van der Waals surface area contributed by atoms with Crippen molar-refractivity contribution in [2.24, 2.45) is 0 Å². The van der Waals surface area contributed by atoms with Gasteiger partial charge >= 0.3 is 0 Å². The fourth-order valence-corrected chi connectivity index (χ4v) is 3.51. The number of rotatable bonds is 3. The Kier molecular flexibility index (Phi) is 4.22. The fourth-order valence-electron chi connectivity index (χ4n) is 2.67. The minimum Gasteiger partial charge on any atom is -0.298 e. The average Bonchev–Trinajstić information content (AvgIpc) is 3.10. The third kappa shape index (κ3) is 3.27. The summed E-state index contributed by atoms with van der Waals surface area (Å²) in [6.07, 6.45) is 0. The molecule has 1 amide bonds. The number of aromatic nitrogens is 1. The SMILES string of the molecule is O=C(Nc1nc(-c2cccc3ccccc23)cs1)c1ccc(Cl)cc1. The zero-order valence-electron chi connectivity index (χ0n) is 13.1. The summed E-state index contributed by atoms with van der Waals surface area (Å²) in [5.74, 6) is -0.199. The highest BCUT2D eigenvalue weighted by Gasteiger charge is 2.11. The molecule has 1 aromatic heterocycles. The third-order valence-corrected chi connectivity index (χ3v) is 4.91. The highest BCUT2D eigenvalue weighted by Crippen LogP contribution is 2.31. The number of carbonyl (C=O) groups is 1. The normalized spacial score (nSPS) is 10.8. The van der Waals surface area contributed by atoms with Gasteiger partial charge in [0.15, 0.2) is 5.13 Å². The smallest absolute Gasteiger partial charge is 0.257 e. The Morgan fingerprint density at radius 3 is 2.56 bits per heavy atom. The van der Waals surface area contributed by atoms with Crippen molar-refractivity contribution in [1.29, 1.82) is 0 Å². The van der Waals surface area contributed by atoms with E-state index in [0.717, 1.165) is 16.6 Å². The predicted molar refractivity (Wildman–Crippen MR) is 104 cm³/mol. The van der Waals surface area contributed by atoms with E-state index in [1.54, 1.807) is 24.3 Å². The molecule has 0 aliphatic carbocycles. The van der Waals surface area contributed by atoms with Crippen LogP contribution in [0.2, 0.25) is 5.02 Å². The zero-order chi connectivity index (χ0) is 17.2. The van der Waals surface area contributed by atoms with E-state index in [1.807, 2.05) is 29.6 Å². The number of fused-ring (bicyclic) bond motifs is 1. The number of anilines is 1. The molecule has 25 heavy (non-hydrogen) atoms. The van der Waals surface area contributed by atoms with Crippen LogP contribution in [0.4, 0.5) is 5.13 Å². The number of thiazole rings is 1. The fraction of sp³-hybridized carbons (Fsp3) is 0. The molecule has 0 saturated carbocycles. The first kappa shape index (κ1) is 15.8. The van der Waals surface area contributed by atoms with Crippen molar-refractivity contribution in [3.05, 3.63) is 82.7 Å². The molecule has 0 unspecified atom stereocenters. The van der Waals surface area contributed by atoms with E-state index in [1.165, 1.54) is 16.7 Å². The molecule has 0 spiro atoms. The summed E-state index contributed by atoms with van der Waals surface area (Å²) in [5, 5.41) is 8.28. The summed E-state index contributed by atoms with van der Waals surface area (Å²) < 4.78 is 0. The molecule has 0 fully saturated rings. The van der Waals surface area contributed by atoms with E-state index in [-0.39, 0.29) is 5.91 Å².